The van der Waals surface area contributed by atoms with Crippen LogP contribution < -0.4 is 10.5 Å². The van der Waals surface area contributed by atoms with Crippen LogP contribution in [-0.2, 0) is 6.18 Å². The van der Waals surface area contributed by atoms with Gasteiger partial charge >= 0.3 is 6.18 Å². The highest BCUT2D eigenvalue weighted by Gasteiger charge is 2.31. The zero-order chi connectivity index (χ0) is 22.9. The van der Waals surface area contributed by atoms with Gasteiger partial charge in [-0.1, -0.05) is 41.9 Å². The molecule has 32 heavy (non-hydrogen) atoms. The molecule has 1 aliphatic rings. The molecule has 168 valence electrons. The summed E-state index contributed by atoms with van der Waals surface area (Å²) in [5.41, 5.74) is -0.259. The maximum Gasteiger partial charge on any atom is 0.417 e. The third-order valence-corrected chi connectivity index (χ3v) is 6.02. The number of aromatic nitrogens is 3. The number of rotatable bonds is 4. The minimum Gasteiger partial charge on any atom is -0.388 e. The minimum atomic E-state index is -4.52. The van der Waals surface area contributed by atoms with E-state index >= 15 is 0 Å². The number of aliphatic hydroxyl groups is 1. The zero-order valence-corrected chi connectivity index (χ0v) is 17.6. The quantitative estimate of drug-likeness (QED) is 0.625. The predicted octanol–water partition coefficient (Wildman–Crippen LogP) is 4.25. The molecule has 0 spiro atoms. The number of alkyl halides is 3. The van der Waals surface area contributed by atoms with Crippen LogP contribution >= 0.6 is 11.6 Å². The molecule has 4 rings (SSSR count). The van der Waals surface area contributed by atoms with Gasteiger partial charge in [0.1, 0.15) is 5.02 Å². The Morgan fingerprint density at radius 2 is 1.75 bits per heavy atom. The third kappa shape index (κ3) is 4.49. The molecule has 0 saturated carbocycles. The van der Waals surface area contributed by atoms with Gasteiger partial charge < -0.3 is 10.0 Å². The smallest absolute Gasteiger partial charge is 0.388 e. The summed E-state index contributed by atoms with van der Waals surface area (Å²) in [4.78, 5) is 18.3. The molecular weight excluding hydrogens is 445 g/mol. The van der Waals surface area contributed by atoms with Gasteiger partial charge in [-0.2, -0.15) is 23.0 Å². The number of hydrogen-bond donors (Lipinski definition) is 1. The van der Waals surface area contributed by atoms with Crippen molar-refractivity contribution in [3.05, 3.63) is 81.4 Å². The number of benzene rings is 1. The number of nitrogens with zero attached hydrogens (tertiary/aromatic N) is 4. The summed E-state index contributed by atoms with van der Waals surface area (Å²) in [5.74, 6) is 0.0262. The Hall–Kier alpha value is -2.91. The van der Waals surface area contributed by atoms with E-state index in [0.717, 1.165) is 22.4 Å². The standard InChI is InChI=1S/C22H20ClF3N4O2/c23-19-17(29-10-8-15(9-11-29)20(31)14-4-2-1-3-5-14)13-28-30(21(19)32)18-7-6-16(12-27-18)22(24,25)26/h1-7,12-13,15,20,31H,8-11H2. The lowest BCUT2D eigenvalue weighted by molar-refractivity contribution is -0.137. The Balaban J connectivity index is 1.49. The summed E-state index contributed by atoms with van der Waals surface area (Å²) >= 11 is 6.31. The molecule has 1 saturated heterocycles. The molecule has 2 aromatic heterocycles. The van der Waals surface area contributed by atoms with Crippen molar-refractivity contribution in [1.82, 2.24) is 14.8 Å². The SMILES string of the molecule is O=c1c(Cl)c(N2CCC(C(O)c3ccccc3)CC2)cnn1-c1ccc(C(F)(F)F)cn1. The second-order valence-corrected chi connectivity index (χ2v) is 8.02. The van der Waals surface area contributed by atoms with Crippen molar-refractivity contribution < 1.29 is 18.3 Å². The normalized spacial score (nSPS) is 16.2. The number of hydrogen-bond acceptors (Lipinski definition) is 5. The summed E-state index contributed by atoms with van der Waals surface area (Å²) in [6.07, 6.45) is -1.62. The summed E-state index contributed by atoms with van der Waals surface area (Å²) < 4.78 is 39.1. The van der Waals surface area contributed by atoms with Gasteiger partial charge in [0.25, 0.3) is 5.56 Å². The van der Waals surface area contributed by atoms with E-state index in [9.17, 15) is 23.1 Å². The van der Waals surface area contributed by atoms with E-state index in [1.165, 1.54) is 6.20 Å². The van der Waals surface area contributed by atoms with Gasteiger partial charge in [-0.05, 0) is 36.5 Å². The minimum absolute atomic E-state index is 0.0545. The Labute approximate surface area is 186 Å². The van der Waals surface area contributed by atoms with Crippen LogP contribution in [-0.4, -0.2) is 33.0 Å². The highest BCUT2D eigenvalue weighted by Crippen LogP contribution is 2.34. The first-order chi connectivity index (χ1) is 15.3. The second kappa shape index (κ2) is 8.91. The fourth-order valence-electron chi connectivity index (χ4n) is 3.87. The highest BCUT2D eigenvalue weighted by atomic mass is 35.5. The number of pyridine rings is 1. The van der Waals surface area contributed by atoms with Crippen molar-refractivity contribution >= 4 is 17.3 Å². The number of halogens is 4. The Bertz CT molecular complexity index is 1130. The molecule has 6 nitrogen and oxygen atoms in total. The summed E-state index contributed by atoms with van der Waals surface area (Å²) in [6, 6.07) is 11.4. The van der Waals surface area contributed by atoms with Crippen molar-refractivity contribution in [2.75, 3.05) is 18.0 Å². The Morgan fingerprint density at radius 3 is 2.34 bits per heavy atom. The second-order valence-electron chi connectivity index (χ2n) is 7.64. The van der Waals surface area contributed by atoms with Gasteiger partial charge in [-0.3, -0.25) is 4.79 Å². The molecule has 0 bridgehead atoms. The first-order valence-electron chi connectivity index (χ1n) is 10.0. The van der Waals surface area contributed by atoms with Crippen LogP contribution in [0.2, 0.25) is 5.02 Å². The van der Waals surface area contributed by atoms with Crippen LogP contribution in [0.15, 0.2) is 59.7 Å². The first kappa shape index (κ1) is 22.3. The maximum atomic E-state index is 12.7. The zero-order valence-electron chi connectivity index (χ0n) is 16.8. The molecule has 1 aliphatic heterocycles. The Kier molecular flexibility index (Phi) is 6.21. The molecule has 1 N–H and O–H groups in total. The lowest BCUT2D eigenvalue weighted by Crippen LogP contribution is -2.37. The van der Waals surface area contributed by atoms with E-state index in [-0.39, 0.29) is 16.8 Å². The largest absolute Gasteiger partial charge is 0.417 e. The fourth-order valence-corrected chi connectivity index (χ4v) is 4.11. The number of anilines is 1. The van der Waals surface area contributed by atoms with Gasteiger partial charge in [0.15, 0.2) is 5.82 Å². The van der Waals surface area contributed by atoms with Crippen molar-refractivity contribution in [3.8, 4) is 5.82 Å². The van der Waals surface area contributed by atoms with Crippen molar-refractivity contribution in [3.63, 3.8) is 0 Å². The molecule has 3 heterocycles. The number of aliphatic hydroxyl groups excluding tert-OH is 1. The van der Waals surface area contributed by atoms with Crippen LogP contribution in [0.3, 0.4) is 0 Å². The lowest BCUT2D eigenvalue weighted by atomic mass is 9.87. The average molecular weight is 465 g/mol. The van der Waals surface area contributed by atoms with Crippen LogP contribution in [0.5, 0.6) is 0 Å². The average Bonchev–Trinajstić information content (AvgIpc) is 2.81. The first-order valence-corrected chi connectivity index (χ1v) is 10.4. The van der Waals surface area contributed by atoms with E-state index in [2.05, 4.69) is 10.1 Å². The maximum absolute atomic E-state index is 12.7. The monoisotopic (exact) mass is 464 g/mol. The van der Waals surface area contributed by atoms with Gasteiger partial charge in [-0.25, -0.2) is 4.98 Å². The van der Waals surface area contributed by atoms with E-state index in [1.807, 2.05) is 35.2 Å². The van der Waals surface area contributed by atoms with Crippen LogP contribution in [0.25, 0.3) is 5.82 Å². The van der Waals surface area contributed by atoms with Crippen LogP contribution in [0.4, 0.5) is 18.9 Å². The highest BCUT2D eigenvalue weighted by molar-refractivity contribution is 6.33. The molecule has 1 fully saturated rings. The molecule has 10 heteroatoms. The molecule has 0 radical (unpaired) electrons. The summed E-state index contributed by atoms with van der Waals surface area (Å²) in [5, 5.41) is 14.6. The molecule has 1 atom stereocenters. The van der Waals surface area contributed by atoms with Gasteiger partial charge in [0, 0.05) is 19.3 Å². The van der Waals surface area contributed by atoms with E-state index in [4.69, 9.17) is 11.6 Å². The van der Waals surface area contributed by atoms with Crippen LogP contribution in [0.1, 0.15) is 30.1 Å². The molecular formula is C22H20ClF3N4O2. The number of piperidine rings is 1. The lowest BCUT2D eigenvalue weighted by Gasteiger charge is -2.35. The molecule has 1 unspecified atom stereocenters. The van der Waals surface area contributed by atoms with E-state index in [1.54, 1.807) is 0 Å². The molecule has 1 aromatic carbocycles. The predicted molar refractivity (Wildman–Crippen MR) is 114 cm³/mol. The van der Waals surface area contributed by atoms with Crippen LogP contribution in [0, 0.1) is 5.92 Å². The molecule has 0 amide bonds. The summed E-state index contributed by atoms with van der Waals surface area (Å²) in [6.45, 7) is 1.16. The molecule has 3 aromatic rings. The van der Waals surface area contributed by atoms with Gasteiger partial charge in [0.05, 0.1) is 23.6 Å². The van der Waals surface area contributed by atoms with Gasteiger partial charge in [-0.15, -0.1) is 0 Å². The van der Waals surface area contributed by atoms with E-state index in [0.29, 0.717) is 37.8 Å². The molecule has 0 aliphatic carbocycles. The van der Waals surface area contributed by atoms with Crippen molar-refractivity contribution in [2.24, 2.45) is 5.92 Å². The van der Waals surface area contributed by atoms with E-state index < -0.39 is 23.4 Å². The fraction of sp³-hybridized carbons (Fsp3) is 0.318. The Morgan fingerprint density at radius 1 is 1.06 bits per heavy atom. The van der Waals surface area contributed by atoms with Crippen molar-refractivity contribution in [1.29, 1.82) is 0 Å². The topological polar surface area (TPSA) is 71.2 Å². The summed E-state index contributed by atoms with van der Waals surface area (Å²) in [7, 11) is 0. The van der Waals surface area contributed by atoms with Gasteiger partial charge in [0.2, 0.25) is 0 Å². The third-order valence-electron chi connectivity index (χ3n) is 5.66. The van der Waals surface area contributed by atoms with Crippen molar-refractivity contribution in [2.45, 2.75) is 25.1 Å².